The summed E-state index contributed by atoms with van der Waals surface area (Å²) in [4.78, 5) is 3.89. The number of hydrogen-bond donors (Lipinski definition) is 1. The molecule has 8 heteroatoms. The van der Waals surface area contributed by atoms with Crippen LogP contribution in [0.1, 0.15) is 12.2 Å². The average molecular weight is 300 g/mol. The first-order chi connectivity index (χ1) is 9.70. The molecule has 6 nitrogen and oxygen atoms in total. The van der Waals surface area contributed by atoms with Gasteiger partial charge >= 0.3 is 0 Å². The molecular weight excluding hydrogens is 285 g/mol. The molecule has 0 spiro atoms. The molecule has 2 rings (SSSR count). The molecule has 108 valence electrons. The summed E-state index contributed by atoms with van der Waals surface area (Å²) in [6, 6.07) is 1.21. The number of aryl methyl sites for hydroxylation is 1. The molecule has 2 aromatic rings. The fraction of sp³-hybridized carbons (Fsp3) is 0.417. The van der Waals surface area contributed by atoms with Crippen molar-refractivity contribution in [1.82, 2.24) is 19.7 Å². The fourth-order valence-electron chi connectivity index (χ4n) is 1.69. The molecule has 0 amide bonds. The summed E-state index contributed by atoms with van der Waals surface area (Å²) in [6.07, 6.45) is 3.88. The number of aromatic nitrogens is 4. The van der Waals surface area contributed by atoms with Gasteiger partial charge in [0.05, 0.1) is 11.6 Å². The van der Waals surface area contributed by atoms with Crippen molar-refractivity contribution >= 4 is 17.4 Å². The van der Waals surface area contributed by atoms with Crippen LogP contribution in [-0.2, 0) is 17.8 Å². The first kappa shape index (κ1) is 14.7. The lowest BCUT2D eigenvalue weighted by Crippen LogP contribution is -2.11. The van der Waals surface area contributed by atoms with Crippen LogP contribution in [0.25, 0.3) is 0 Å². The van der Waals surface area contributed by atoms with E-state index in [1.165, 1.54) is 12.3 Å². The highest BCUT2D eigenvalue weighted by Gasteiger charge is 2.07. The van der Waals surface area contributed by atoms with Gasteiger partial charge in [0.15, 0.2) is 17.5 Å². The molecule has 0 aliphatic heterocycles. The number of nitrogens with one attached hydrogen (secondary N) is 1. The standard InChI is InChI=1S/C12H15ClFN5O/c1-20-4-2-3-19-8-17-18-11(19)7-16-12-10(14)5-9(13)6-15-12/h5-6,8H,2-4,7H2,1H3,(H,15,16). The van der Waals surface area contributed by atoms with Crippen molar-refractivity contribution in [2.75, 3.05) is 19.0 Å². The van der Waals surface area contributed by atoms with Gasteiger partial charge in [-0.1, -0.05) is 11.6 Å². The van der Waals surface area contributed by atoms with E-state index in [2.05, 4.69) is 20.5 Å². The number of rotatable bonds is 7. The predicted molar refractivity (Wildman–Crippen MR) is 73.0 cm³/mol. The molecular formula is C12H15ClFN5O. The Hall–Kier alpha value is -1.73. The van der Waals surface area contributed by atoms with Gasteiger partial charge in [-0.3, -0.25) is 0 Å². The van der Waals surface area contributed by atoms with Crippen LogP contribution >= 0.6 is 11.6 Å². The molecule has 0 saturated heterocycles. The minimum atomic E-state index is -0.497. The van der Waals surface area contributed by atoms with Crippen molar-refractivity contribution in [1.29, 1.82) is 0 Å². The first-order valence-electron chi connectivity index (χ1n) is 6.11. The Kier molecular flexibility index (Phi) is 5.25. The number of ether oxygens (including phenoxy) is 1. The lowest BCUT2D eigenvalue weighted by atomic mass is 10.4. The quantitative estimate of drug-likeness (QED) is 0.793. The molecule has 1 N–H and O–H groups in total. The molecule has 2 aromatic heterocycles. The number of methoxy groups -OCH3 is 1. The second-order valence-corrected chi connectivity index (χ2v) is 4.56. The molecule has 0 aliphatic rings. The summed E-state index contributed by atoms with van der Waals surface area (Å²) in [6.45, 7) is 1.74. The average Bonchev–Trinajstić information content (AvgIpc) is 2.86. The molecule has 0 unspecified atom stereocenters. The van der Waals surface area contributed by atoms with Crippen molar-refractivity contribution in [2.24, 2.45) is 0 Å². The van der Waals surface area contributed by atoms with E-state index < -0.39 is 5.82 Å². The maximum atomic E-state index is 13.6. The van der Waals surface area contributed by atoms with Crippen LogP contribution in [0.15, 0.2) is 18.6 Å². The molecule has 0 aliphatic carbocycles. The monoisotopic (exact) mass is 299 g/mol. The second-order valence-electron chi connectivity index (χ2n) is 4.12. The zero-order valence-corrected chi connectivity index (χ0v) is 11.8. The van der Waals surface area contributed by atoms with Crippen LogP contribution in [0.2, 0.25) is 5.02 Å². The molecule has 2 heterocycles. The molecule has 0 bridgehead atoms. The van der Waals surface area contributed by atoms with Gasteiger partial charge in [-0.05, 0) is 12.5 Å². The van der Waals surface area contributed by atoms with Gasteiger partial charge in [-0.15, -0.1) is 10.2 Å². The highest BCUT2D eigenvalue weighted by atomic mass is 35.5. The number of halogens is 2. The highest BCUT2D eigenvalue weighted by Crippen LogP contribution is 2.16. The van der Waals surface area contributed by atoms with Gasteiger partial charge in [0, 0.05) is 26.5 Å². The van der Waals surface area contributed by atoms with Gasteiger partial charge in [0.2, 0.25) is 0 Å². The lowest BCUT2D eigenvalue weighted by molar-refractivity contribution is 0.190. The summed E-state index contributed by atoms with van der Waals surface area (Å²) < 4.78 is 20.4. The van der Waals surface area contributed by atoms with Gasteiger partial charge in [0.1, 0.15) is 6.33 Å². The predicted octanol–water partition coefficient (Wildman–Crippen LogP) is 2.11. The van der Waals surface area contributed by atoms with Crippen LogP contribution in [0.4, 0.5) is 10.2 Å². The molecule has 0 fully saturated rings. The van der Waals surface area contributed by atoms with E-state index in [9.17, 15) is 4.39 Å². The number of anilines is 1. The highest BCUT2D eigenvalue weighted by molar-refractivity contribution is 6.30. The van der Waals surface area contributed by atoms with E-state index in [4.69, 9.17) is 16.3 Å². The lowest BCUT2D eigenvalue weighted by Gasteiger charge is -2.08. The SMILES string of the molecule is COCCCn1cnnc1CNc1ncc(Cl)cc1F. The number of hydrogen-bond acceptors (Lipinski definition) is 5. The zero-order chi connectivity index (χ0) is 14.4. The van der Waals surface area contributed by atoms with E-state index >= 15 is 0 Å². The fourth-order valence-corrected chi connectivity index (χ4v) is 1.83. The maximum Gasteiger partial charge on any atom is 0.166 e. The zero-order valence-electron chi connectivity index (χ0n) is 11.0. The summed E-state index contributed by atoms with van der Waals surface area (Å²) in [5.74, 6) is 0.348. The van der Waals surface area contributed by atoms with Crippen molar-refractivity contribution < 1.29 is 9.13 Å². The normalized spacial score (nSPS) is 10.8. The molecule has 20 heavy (non-hydrogen) atoms. The second kappa shape index (κ2) is 7.16. The first-order valence-corrected chi connectivity index (χ1v) is 6.49. The van der Waals surface area contributed by atoms with Gasteiger partial charge in [0.25, 0.3) is 0 Å². The Bertz CT molecular complexity index is 563. The van der Waals surface area contributed by atoms with Crippen LogP contribution < -0.4 is 5.32 Å². The van der Waals surface area contributed by atoms with E-state index in [1.807, 2.05) is 4.57 Å². The summed E-state index contributed by atoms with van der Waals surface area (Å²) >= 11 is 5.64. The van der Waals surface area contributed by atoms with Gasteiger partial charge < -0.3 is 14.6 Å². The molecule has 0 atom stereocenters. The topological polar surface area (TPSA) is 64.9 Å². The Morgan fingerprint density at radius 3 is 3.10 bits per heavy atom. The summed E-state index contributed by atoms with van der Waals surface area (Å²) in [5.41, 5.74) is 0. The van der Waals surface area contributed by atoms with Crippen molar-refractivity contribution in [3.05, 3.63) is 35.3 Å². The van der Waals surface area contributed by atoms with Crippen LogP contribution in [0, 0.1) is 5.82 Å². The number of nitrogens with zero attached hydrogens (tertiary/aromatic N) is 4. The number of pyridine rings is 1. The smallest absolute Gasteiger partial charge is 0.166 e. The Morgan fingerprint density at radius 2 is 2.35 bits per heavy atom. The van der Waals surface area contributed by atoms with E-state index in [0.29, 0.717) is 19.0 Å². The largest absolute Gasteiger partial charge is 0.385 e. The van der Waals surface area contributed by atoms with Crippen molar-refractivity contribution in [3.8, 4) is 0 Å². The molecule has 0 saturated carbocycles. The maximum absolute atomic E-state index is 13.6. The minimum Gasteiger partial charge on any atom is -0.385 e. The molecule has 0 radical (unpaired) electrons. The Balaban J connectivity index is 1.95. The van der Waals surface area contributed by atoms with E-state index in [0.717, 1.165) is 13.0 Å². The van der Waals surface area contributed by atoms with Crippen LogP contribution in [0.3, 0.4) is 0 Å². The summed E-state index contributed by atoms with van der Waals surface area (Å²) in [7, 11) is 1.66. The Morgan fingerprint density at radius 1 is 1.50 bits per heavy atom. The van der Waals surface area contributed by atoms with E-state index in [1.54, 1.807) is 13.4 Å². The van der Waals surface area contributed by atoms with E-state index in [-0.39, 0.29) is 10.8 Å². The van der Waals surface area contributed by atoms with Gasteiger partial charge in [-0.25, -0.2) is 9.37 Å². The minimum absolute atomic E-state index is 0.140. The third-order valence-corrected chi connectivity index (χ3v) is 2.87. The third-order valence-electron chi connectivity index (χ3n) is 2.66. The summed E-state index contributed by atoms with van der Waals surface area (Å²) in [5, 5.41) is 11.0. The van der Waals surface area contributed by atoms with Gasteiger partial charge in [-0.2, -0.15) is 0 Å². The molecule has 0 aromatic carbocycles. The van der Waals surface area contributed by atoms with Crippen LogP contribution in [0.5, 0.6) is 0 Å². The van der Waals surface area contributed by atoms with Crippen LogP contribution in [-0.4, -0.2) is 33.5 Å². The van der Waals surface area contributed by atoms with Crippen molar-refractivity contribution in [3.63, 3.8) is 0 Å². The van der Waals surface area contributed by atoms with Crippen molar-refractivity contribution in [2.45, 2.75) is 19.5 Å². The Labute approximate surface area is 120 Å². The third kappa shape index (κ3) is 3.88.